The molecule has 2 heterocycles. The Labute approximate surface area is 128 Å². The predicted octanol–water partition coefficient (Wildman–Crippen LogP) is 3.44. The lowest BCUT2D eigenvalue weighted by atomic mass is 10.0. The van der Waals surface area contributed by atoms with Gasteiger partial charge in [0.2, 0.25) is 0 Å². The SMILES string of the molecule is CC[C@H]1CN(Cc2ccccc2)C[C@H]1OC1CCCCO1. The van der Waals surface area contributed by atoms with Gasteiger partial charge in [-0.05, 0) is 37.2 Å². The molecule has 1 unspecified atom stereocenters. The monoisotopic (exact) mass is 289 g/mol. The second-order valence-electron chi connectivity index (χ2n) is 6.32. The average Bonchev–Trinajstić information content (AvgIpc) is 2.91. The zero-order valence-electron chi connectivity index (χ0n) is 13.0. The van der Waals surface area contributed by atoms with Crippen molar-refractivity contribution < 1.29 is 9.47 Å². The Kier molecular flexibility index (Phi) is 5.28. The van der Waals surface area contributed by atoms with Gasteiger partial charge in [-0.15, -0.1) is 0 Å². The van der Waals surface area contributed by atoms with Gasteiger partial charge in [-0.3, -0.25) is 4.90 Å². The van der Waals surface area contributed by atoms with Crippen molar-refractivity contribution in [2.75, 3.05) is 19.7 Å². The molecular weight excluding hydrogens is 262 g/mol. The van der Waals surface area contributed by atoms with Crippen molar-refractivity contribution in [1.82, 2.24) is 4.90 Å². The molecule has 0 spiro atoms. The molecule has 0 N–H and O–H groups in total. The number of rotatable bonds is 5. The highest BCUT2D eigenvalue weighted by molar-refractivity contribution is 5.14. The van der Waals surface area contributed by atoms with E-state index in [1.165, 1.54) is 24.8 Å². The molecule has 2 aliphatic rings. The van der Waals surface area contributed by atoms with Crippen molar-refractivity contribution in [2.45, 2.75) is 51.5 Å². The predicted molar refractivity (Wildman–Crippen MR) is 84.0 cm³/mol. The Morgan fingerprint density at radius 3 is 2.76 bits per heavy atom. The third kappa shape index (κ3) is 4.06. The van der Waals surface area contributed by atoms with Crippen LogP contribution in [-0.4, -0.2) is 37.0 Å². The molecule has 3 nitrogen and oxygen atoms in total. The molecular formula is C18H27NO2. The molecule has 0 amide bonds. The van der Waals surface area contributed by atoms with Crippen molar-refractivity contribution in [3.8, 4) is 0 Å². The summed E-state index contributed by atoms with van der Waals surface area (Å²) >= 11 is 0. The third-order valence-corrected chi connectivity index (χ3v) is 4.69. The minimum Gasteiger partial charge on any atom is -0.353 e. The topological polar surface area (TPSA) is 21.7 Å². The van der Waals surface area contributed by atoms with Crippen LogP contribution in [0.1, 0.15) is 38.2 Å². The van der Waals surface area contributed by atoms with Crippen LogP contribution >= 0.6 is 0 Å². The molecule has 3 heteroatoms. The van der Waals surface area contributed by atoms with Gasteiger partial charge in [0, 0.05) is 26.2 Å². The Morgan fingerprint density at radius 2 is 2.05 bits per heavy atom. The maximum atomic E-state index is 6.26. The van der Waals surface area contributed by atoms with Gasteiger partial charge in [0.15, 0.2) is 6.29 Å². The third-order valence-electron chi connectivity index (χ3n) is 4.69. The quantitative estimate of drug-likeness (QED) is 0.829. The van der Waals surface area contributed by atoms with Crippen LogP contribution in [0.4, 0.5) is 0 Å². The average molecular weight is 289 g/mol. The molecule has 3 atom stereocenters. The molecule has 2 fully saturated rings. The number of nitrogens with zero attached hydrogens (tertiary/aromatic N) is 1. The fourth-order valence-corrected chi connectivity index (χ4v) is 3.46. The van der Waals surface area contributed by atoms with Gasteiger partial charge in [-0.25, -0.2) is 0 Å². The molecule has 0 aromatic heterocycles. The molecule has 1 aromatic carbocycles. The Balaban J connectivity index is 1.55. The molecule has 2 aliphatic heterocycles. The van der Waals surface area contributed by atoms with Gasteiger partial charge in [0.05, 0.1) is 6.10 Å². The standard InChI is InChI=1S/C18H27NO2/c1-2-16-13-19(12-15-8-4-3-5-9-15)14-17(16)21-18-10-6-7-11-20-18/h3-5,8-9,16-18H,2,6-7,10-14H2,1H3/t16-,17+,18?/m0/s1. The summed E-state index contributed by atoms with van der Waals surface area (Å²) in [5.74, 6) is 0.638. The number of ether oxygens (including phenoxy) is 2. The molecule has 116 valence electrons. The highest BCUT2D eigenvalue weighted by Crippen LogP contribution is 2.27. The van der Waals surface area contributed by atoms with Crippen LogP contribution in [0, 0.1) is 5.92 Å². The Hall–Kier alpha value is -0.900. The summed E-state index contributed by atoms with van der Waals surface area (Å²) in [7, 11) is 0. The lowest BCUT2D eigenvalue weighted by Crippen LogP contribution is -2.32. The Bertz CT molecular complexity index is 416. The van der Waals surface area contributed by atoms with E-state index in [0.717, 1.165) is 32.7 Å². The summed E-state index contributed by atoms with van der Waals surface area (Å²) in [4.78, 5) is 2.52. The maximum Gasteiger partial charge on any atom is 0.158 e. The van der Waals surface area contributed by atoms with Gasteiger partial charge in [0.1, 0.15) is 0 Å². The molecule has 2 saturated heterocycles. The highest BCUT2D eigenvalue weighted by atomic mass is 16.7. The van der Waals surface area contributed by atoms with E-state index in [0.29, 0.717) is 12.0 Å². The summed E-state index contributed by atoms with van der Waals surface area (Å²) in [6.45, 7) is 6.34. The van der Waals surface area contributed by atoms with Crippen LogP contribution in [-0.2, 0) is 16.0 Å². The largest absolute Gasteiger partial charge is 0.353 e. The first-order chi connectivity index (χ1) is 10.3. The zero-order valence-corrected chi connectivity index (χ0v) is 13.0. The molecule has 21 heavy (non-hydrogen) atoms. The summed E-state index contributed by atoms with van der Waals surface area (Å²) in [6, 6.07) is 10.7. The minimum atomic E-state index is 0.0366. The van der Waals surface area contributed by atoms with Crippen molar-refractivity contribution in [3.63, 3.8) is 0 Å². The second-order valence-corrected chi connectivity index (χ2v) is 6.32. The van der Waals surface area contributed by atoms with Gasteiger partial charge in [0.25, 0.3) is 0 Å². The molecule has 0 saturated carbocycles. The number of benzene rings is 1. The first-order valence-corrected chi connectivity index (χ1v) is 8.38. The van der Waals surface area contributed by atoms with Crippen molar-refractivity contribution in [3.05, 3.63) is 35.9 Å². The molecule has 0 radical (unpaired) electrons. The fourth-order valence-electron chi connectivity index (χ4n) is 3.46. The number of hydrogen-bond acceptors (Lipinski definition) is 3. The second kappa shape index (κ2) is 7.39. The van der Waals surface area contributed by atoms with Crippen LogP contribution in [0.3, 0.4) is 0 Å². The first kappa shape index (κ1) is 15.0. The number of hydrogen-bond donors (Lipinski definition) is 0. The number of likely N-dealkylation sites (tertiary alicyclic amines) is 1. The van der Waals surface area contributed by atoms with Crippen molar-refractivity contribution in [1.29, 1.82) is 0 Å². The van der Waals surface area contributed by atoms with E-state index in [4.69, 9.17) is 9.47 Å². The molecule has 3 rings (SSSR count). The van der Waals surface area contributed by atoms with E-state index in [1.807, 2.05) is 0 Å². The zero-order chi connectivity index (χ0) is 14.5. The van der Waals surface area contributed by atoms with Crippen LogP contribution < -0.4 is 0 Å². The normalized spacial score (nSPS) is 30.6. The fraction of sp³-hybridized carbons (Fsp3) is 0.667. The van der Waals surface area contributed by atoms with E-state index in [-0.39, 0.29) is 6.29 Å². The van der Waals surface area contributed by atoms with Gasteiger partial charge < -0.3 is 9.47 Å². The smallest absolute Gasteiger partial charge is 0.158 e. The molecule has 0 aliphatic carbocycles. The van der Waals surface area contributed by atoms with E-state index in [9.17, 15) is 0 Å². The van der Waals surface area contributed by atoms with E-state index in [1.54, 1.807) is 0 Å². The summed E-state index contributed by atoms with van der Waals surface area (Å²) in [5.41, 5.74) is 1.39. The van der Waals surface area contributed by atoms with Crippen LogP contribution in [0.25, 0.3) is 0 Å². The van der Waals surface area contributed by atoms with Crippen LogP contribution in [0.5, 0.6) is 0 Å². The maximum absolute atomic E-state index is 6.26. The molecule has 1 aromatic rings. The summed E-state index contributed by atoms with van der Waals surface area (Å²) in [5, 5.41) is 0. The Morgan fingerprint density at radius 1 is 1.19 bits per heavy atom. The van der Waals surface area contributed by atoms with Crippen LogP contribution in [0.2, 0.25) is 0 Å². The highest BCUT2D eigenvalue weighted by Gasteiger charge is 2.34. The molecule has 0 bridgehead atoms. The van der Waals surface area contributed by atoms with Crippen molar-refractivity contribution >= 4 is 0 Å². The van der Waals surface area contributed by atoms with Gasteiger partial charge in [-0.1, -0.05) is 37.3 Å². The van der Waals surface area contributed by atoms with Gasteiger partial charge in [-0.2, -0.15) is 0 Å². The van der Waals surface area contributed by atoms with E-state index in [2.05, 4.69) is 42.2 Å². The summed E-state index contributed by atoms with van der Waals surface area (Å²) < 4.78 is 12.0. The van der Waals surface area contributed by atoms with Crippen LogP contribution in [0.15, 0.2) is 30.3 Å². The summed E-state index contributed by atoms with van der Waals surface area (Å²) in [6.07, 6.45) is 5.04. The minimum absolute atomic E-state index is 0.0366. The van der Waals surface area contributed by atoms with Gasteiger partial charge >= 0.3 is 0 Å². The van der Waals surface area contributed by atoms with E-state index < -0.39 is 0 Å². The first-order valence-electron chi connectivity index (χ1n) is 8.38. The van der Waals surface area contributed by atoms with E-state index >= 15 is 0 Å². The lowest BCUT2D eigenvalue weighted by molar-refractivity contribution is -0.192. The lowest BCUT2D eigenvalue weighted by Gasteiger charge is -2.28. The van der Waals surface area contributed by atoms with Crippen molar-refractivity contribution in [2.24, 2.45) is 5.92 Å².